The number of aliphatic imine (C=N–C) groups is 1. The number of aromatic hydroxyl groups is 1. The fourth-order valence-corrected chi connectivity index (χ4v) is 3.26. The van der Waals surface area contributed by atoms with E-state index in [1.54, 1.807) is 7.11 Å². The minimum absolute atomic E-state index is 0.0295. The molecule has 7 heteroatoms. The Morgan fingerprint density at radius 1 is 1.38 bits per heavy atom. The van der Waals surface area contributed by atoms with E-state index in [9.17, 15) is 5.11 Å². The summed E-state index contributed by atoms with van der Waals surface area (Å²) in [5.41, 5.74) is 1.39. The Morgan fingerprint density at radius 2 is 2.29 bits per heavy atom. The molecule has 0 amide bonds. The fourth-order valence-electron chi connectivity index (χ4n) is 3.26. The summed E-state index contributed by atoms with van der Waals surface area (Å²) in [5.74, 6) is 0.528. The van der Waals surface area contributed by atoms with Gasteiger partial charge in [-0.1, -0.05) is 6.07 Å². The zero-order chi connectivity index (χ0) is 16.5. The molecule has 0 bridgehead atoms. The van der Waals surface area contributed by atoms with E-state index in [0.29, 0.717) is 11.6 Å². The molecule has 7 nitrogen and oxygen atoms in total. The molecule has 2 heterocycles. The first-order valence-corrected chi connectivity index (χ1v) is 8.03. The minimum atomic E-state index is -0.0295. The van der Waals surface area contributed by atoms with Gasteiger partial charge in [0, 0.05) is 7.11 Å². The highest BCUT2D eigenvalue weighted by Crippen LogP contribution is 2.25. The lowest BCUT2D eigenvalue weighted by Crippen LogP contribution is -2.30. The molecule has 1 aliphatic carbocycles. The van der Waals surface area contributed by atoms with Gasteiger partial charge < -0.3 is 20.1 Å². The molecule has 0 unspecified atom stereocenters. The van der Waals surface area contributed by atoms with Gasteiger partial charge in [-0.15, -0.1) is 0 Å². The summed E-state index contributed by atoms with van der Waals surface area (Å²) in [4.78, 5) is 15.6. The predicted octanol–water partition coefficient (Wildman–Crippen LogP) is 1.22. The van der Waals surface area contributed by atoms with Crippen LogP contribution in [0.2, 0.25) is 0 Å². The normalized spacial score (nSPS) is 22.6. The number of ether oxygens (including phenoxy) is 1. The molecule has 3 N–H and O–H groups in total. The second-order valence-corrected chi connectivity index (χ2v) is 6.04. The van der Waals surface area contributed by atoms with Crippen molar-refractivity contribution in [2.75, 3.05) is 12.4 Å². The van der Waals surface area contributed by atoms with Crippen LogP contribution < -0.4 is 15.9 Å². The number of anilines is 1. The maximum atomic E-state index is 10.1. The van der Waals surface area contributed by atoms with Gasteiger partial charge in [-0.25, -0.2) is 9.98 Å². The van der Waals surface area contributed by atoms with E-state index < -0.39 is 0 Å². The van der Waals surface area contributed by atoms with Crippen LogP contribution in [0.4, 0.5) is 11.6 Å². The Morgan fingerprint density at radius 3 is 3.17 bits per heavy atom. The van der Waals surface area contributed by atoms with Crippen molar-refractivity contribution in [2.45, 2.75) is 31.4 Å². The van der Waals surface area contributed by atoms with E-state index in [1.165, 1.54) is 6.34 Å². The zero-order valence-electron chi connectivity index (χ0n) is 13.4. The largest absolute Gasteiger partial charge is 0.492 e. The van der Waals surface area contributed by atoms with Crippen LogP contribution in [0.1, 0.15) is 25.0 Å². The summed E-state index contributed by atoms with van der Waals surface area (Å²) in [7, 11) is 1.73. The lowest BCUT2D eigenvalue weighted by atomic mass is 10.2. The Hall–Kier alpha value is -2.67. The Bertz CT molecular complexity index is 902. The quantitative estimate of drug-likeness (QED) is 0.787. The van der Waals surface area contributed by atoms with E-state index in [0.717, 1.165) is 35.5 Å². The van der Waals surface area contributed by atoms with Crippen LogP contribution in [0.5, 0.6) is 5.88 Å². The van der Waals surface area contributed by atoms with Crippen molar-refractivity contribution < 1.29 is 9.84 Å². The SMILES string of the molecule is CO[C@@H]1CCC[C@H]1Nc1nc(O)c(/C=c2\ccc3c(c2)N=CN=3)[nH]1. The zero-order valence-corrected chi connectivity index (χ0v) is 13.4. The van der Waals surface area contributed by atoms with Gasteiger partial charge in [0.1, 0.15) is 12.0 Å². The molecule has 1 aromatic heterocycles. The van der Waals surface area contributed by atoms with Crippen molar-refractivity contribution in [2.24, 2.45) is 9.98 Å². The summed E-state index contributed by atoms with van der Waals surface area (Å²) in [6.45, 7) is 0. The van der Waals surface area contributed by atoms with E-state index in [-0.39, 0.29) is 18.0 Å². The van der Waals surface area contributed by atoms with E-state index in [2.05, 4.69) is 25.3 Å². The number of nitrogens with zero attached hydrogens (tertiary/aromatic N) is 3. The van der Waals surface area contributed by atoms with E-state index >= 15 is 0 Å². The highest BCUT2D eigenvalue weighted by atomic mass is 16.5. The molecule has 4 rings (SSSR count). The minimum Gasteiger partial charge on any atom is -0.492 e. The average Bonchev–Trinajstić information content (AvgIpc) is 3.28. The first-order valence-electron chi connectivity index (χ1n) is 8.03. The molecule has 0 spiro atoms. The van der Waals surface area contributed by atoms with Crippen molar-refractivity contribution in [3.63, 3.8) is 0 Å². The van der Waals surface area contributed by atoms with E-state index in [1.807, 2.05) is 24.3 Å². The number of H-pyrrole nitrogens is 1. The summed E-state index contributed by atoms with van der Waals surface area (Å²) >= 11 is 0. The number of imidazole rings is 1. The van der Waals surface area contributed by atoms with Crippen LogP contribution >= 0.6 is 0 Å². The standard InChI is InChI=1S/C17H19N5O2/c1-24-15-4-2-3-12(15)20-17-21-14(16(23)22-17)8-10-5-6-11-13(7-10)19-9-18-11/h5-9,12,15,23H,2-4H2,1H3,(H2,20,21,22)/b10-8+/t12-,15-/m1/s1. The van der Waals surface area contributed by atoms with Crippen molar-refractivity contribution >= 4 is 24.1 Å². The number of aromatic amines is 1. The third kappa shape index (κ3) is 2.78. The average molecular weight is 325 g/mol. The lowest BCUT2D eigenvalue weighted by molar-refractivity contribution is 0.101. The third-order valence-electron chi connectivity index (χ3n) is 4.49. The Labute approximate surface area is 138 Å². The van der Waals surface area contributed by atoms with Crippen LogP contribution in [0, 0.1) is 0 Å². The molecule has 1 saturated carbocycles. The van der Waals surface area contributed by atoms with Gasteiger partial charge in [0.25, 0.3) is 0 Å². The van der Waals surface area contributed by atoms with Gasteiger partial charge in [-0.3, -0.25) is 0 Å². The van der Waals surface area contributed by atoms with Crippen molar-refractivity contribution in [3.05, 3.63) is 34.5 Å². The molecular weight excluding hydrogens is 306 g/mol. The molecular formula is C17H19N5O2. The van der Waals surface area contributed by atoms with Gasteiger partial charge >= 0.3 is 0 Å². The number of fused-ring (bicyclic) bond motifs is 1. The molecule has 24 heavy (non-hydrogen) atoms. The molecule has 0 radical (unpaired) electrons. The predicted molar refractivity (Wildman–Crippen MR) is 91.3 cm³/mol. The molecule has 1 aliphatic heterocycles. The monoisotopic (exact) mass is 325 g/mol. The molecule has 2 atom stereocenters. The summed E-state index contributed by atoms with van der Waals surface area (Å²) in [6.07, 6.45) is 6.76. The molecule has 124 valence electrons. The smallest absolute Gasteiger partial charge is 0.238 e. The summed E-state index contributed by atoms with van der Waals surface area (Å²) in [6, 6.07) is 5.97. The first kappa shape index (κ1) is 14.9. The van der Waals surface area contributed by atoms with Gasteiger partial charge in [-0.05, 0) is 42.7 Å². The molecule has 2 aromatic rings. The third-order valence-corrected chi connectivity index (χ3v) is 4.49. The fraction of sp³-hybridized carbons (Fsp3) is 0.353. The molecule has 2 aliphatic rings. The van der Waals surface area contributed by atoms with Crippen molar-refractivity contribution in [3.8, 4) is 5.88 Å². The van der Waals surface area contributed by atoms with Crippen LogP contribution in [0.15, 0.2) is 28.2 Å². The highest BCUT2D eigenvalue weighted by Gasteiger charge is 2.27. The topological polar surface area (TPSA) is 94.9 Å². The Kier molecular flexibility index (Phi) is 3.78. The first-order chi connectivity index (χ1) is 11.7. The van der Waals surface area contributed by atoms with Gasteiger partial charge in [-0.2, -0.15) is 4.98 Å². The second-order valence-electron chi connectivity index (χ2n) is 6.04. The number of benzene rings is 1. The van der Waals surface area contributed by atoms with Crippen molar-refractivity contribution in [1.82, 2.24) is 9.97 Å². The van der Waals surface area contributed by atoms with Gasteiger partial charge in [0.15, 0.2) is 0 Å². The lowest BCUT2D eigenvalue weighted by Gasteiger charge is -2.18. The van der Waals surface area contributed by atoms with Gasteiger partial charge in [0.05, 0.1) is 23.2 Å². The van der Waals surface area contributed by atoms with Crippen molar-refractivity contribution in [1.29, 1.82) is 0 Å². The maximum absolute atomic E-state index is 10.1. The molecule has 0 saturated heterocycles. The summed E-state index contributed by atoms with van der Waals surface area (Å²) in [5, 5.41) is 15.2. The number of methoxy groups -OCH3 is 1. The van der Waals surface area contributed by atoms with Crippen LogP contribution in [0.3, 0.4) is 0 Å². The molecule has 1 aromatic carbocycles. The highest BCUT2D eigenvalue weighted by molar-refractivity contribution is 5.67. The molecule has 1 fully saturated rings. The number of aromatic nitrogens is 2. The van der Waals surface area contributed by atoms with E-state index in [4.69, 9.17) is 4.74 Å². The van der Waals surface area contributed by atoms with Crippen LogP contribution in [0.25, 0.3) is 6.08 Å². The summed E-state index contributed by atoms with van der Waals surface area (Å²) < 4.78 is 5.47. The number of hydrogen-bond acceptors (Lipinski definition) is 6. The van der Waals surface area contributed by atoms with Gasteiger partial charge in [0.2, 0.25) is 11.8 Å². The van der Waals surface area contributed by atoms with Crippen LogP contribution in [-0.2, 0) is 4.74 Å². The maximum Gasteiger partial charge on any atom is 0.238 e. The number of nitrogens with one attached hydrogen (secondary N) is 2. The second kappa shape index (κ2) is 6.09. The Balaban J connectivity index is 1.59. The number of hydrogen-bond donors (Lipinski definition) is 3. The van der Waals surface area contributed by atoms with Crippen LogP contribution in [-0.4, -0.2) is 40.7 Å². The number of rotatable bonds is 4.